The lowest BCUT2D eigenvalue weighted by Gasteiger charge is -2.31. The second-order valence-electron chi connectivity index (χ2n) is 7.76. The van der Waals surface area contributed by atoms with E-state index in [1.54, 1.807) is 23.9 Å². The number of thioether (sulfide) groups is 1. The topological polar surface area (TPSA) is 78.5 Å². The molecule has 0 saturated carbocycles. The Balaban J connectivity index is 1.86. The lowest BCUT2D eigenvalue weighted by atomic mass is 9.76. The fraction of sp³-hybridized carbons (Fsp3) is 0.550. The molecule has 8 heteroatoms. The summed E-state index contributed by atoms with van der Waals surface area (Å²) in [6.07, 6.45) is 3.40. The minimum absolute atomic E-state index is 0.164. The van der Waals surface area contributed by atoms with Crippen LogP contribution in [0, 0.1) is 11.8 Å². The van der Waals surface area contributed by atoms with Gasteiger partial charge in [0.2, 0.25) is 17.7 Å². The molecule has 5 atom stereocenters. The van der Waals surface area contributed by atoms with Crippen LogP contribution in [0.25, 0.3) is 0 Å². The molecule has 6 nitrogen and oxygen atoms in total. The first-order valence-corrected chi connectivity index (χ1v) is 11.4. The summed E-state index contributed by atoms with van der Waals surface area (Å²) in [4.78, 5) is 41.4. The number of amides is 3. The Morgan fingerprint density at radius 2 is 2.04 bits per heavy atom. The monoisotopic (exact) mass is 421 g/mol. The van der Waals surface area contributed by atoms with E-state index in [9.17, 15) is 14.4 Å². The molecule has 1 aromatic carbocycles. The van der Waals surface area contributed by atoms with E-state index in [1.807, 2.05) is 26.2 Å². The molecule has 3 heterocycles. The molecule has 0 aliphatic carbocycles. The average Bonchev–Trinajstić information content (AvgIpc) is 3.26. The Bertz CT molecular complexity index is 863. The third-order valence-corrected chi connectivity index (χ3v) is 7.36. The SMILES string of the molecule is CC[C@H](C)N1C(=O)[C@H]2[C@@H](C1=O)[C@@]1(N[C@@H]2CCSC)C(=O)Nc2c(Cl)cccc21. The van der Waals surface area contributed by atoms with Crippen molar-refractivity contribution in [2.75, 3.05) is 17.3 Å². The minimum Gasteiger partial charge on any atom is -0.323 e. The summed E-state index contributed by atoms with van der Waals surface area (Å²) in [5, 5.41) is 6.72. The van der Waals surface area contributed by atoms with Crippen molar-refractivity contribution in [1.29, 1.82) is 0 Å². The van der Waals surface area contributed by atoms with Crippen LogP contribution in [0.4, 0.5) is 5.69 Å². The molecule has 3 amide bonds. The van der Waals surface area contributed by atoms with E-state index < -0.39 is 17.4 Å². The Labute approximate surface area is 173 Å². The molecule has 2 N–H and O–H groups in total. The van der Waals surface area contributed by atoms with Crippen LogP contribution in [0.3, 0.4) is 0 Å². The first-order valence-electron chi connectivity index (χ1n) is 9.62. The number of fused-ring (bicyclic) bond motifs is 4. The highest BCUT2D eigenvalue weighted by atomic mass is 35.5. The second-order valence-corrected chi connectivity index (χ2v) is 9.16. The van der Waals surface area contributed by atoms with Gasteiger partial charge in [-0.25, -0.2) is 0 Å². The van der Waals surface area contributed by atoms with Gasteiger partial charge in [0.05, 0.1) is 22.5 Å². The minimum atomic E-state index is -1.25. The summed E-state index contributed by atoms with van der Waals surface area (Å²) in [7, 11) is 0. The third kappa shape index (κ3) is 2.49. The van der Waals surface area contributed by atoms with Gasteiger partial charge >= 0.3 is 0 Å². The number of nitrogens with zero attached hydrogens (tertiary/aromatic N) is 1. The van der Waals surface area contributed by atoms with Gasteiger partial charge in [-0.15, -0.1) is 0 Å². The Hall–Kier alpha value is -1.57. The van der Waals surface area contributed by atoms with E-state index in [-0.39, 0.29) is 29.8 Å². The number of carbonyl (C=O) groups excluding carboxylic acids is 3. The predicted octanol–water partition coefficient (Wildman–Crippen LogP) is 2.61. The maximum Gasteiger partial charge on any atom is 0.250 e. The van der Waals surface area contributed by atoms with Crippen molar-refractivity contribution in [2.45, 2.75) is 44.3 Å². The highest BCUT2D eigenvalue weighted by Crippen LogP contribution is 2.54. The number of rotatable bonds is 5. The van der Waals surface area contributed by atoms with Crippen LogP contribution >= 0.6 is 23.4 Å². The lowest BCUT2D eigenvalue weighted by Crippen LogP contribution is -2.54. The summed E-state index contributed by atoms with van der Waals surface area (Å²) in [6.45, 7) is 3.84. The van der Waals surface area contributed by atoms with E-state index in [4.69, 9.17) is 11.6 Å². The largest absolute Gasteiger partial charge is 0.323 e. The highest BCUT2D eigenvalue weighted by Gasteiger charge is 2.70. The molecule has 2 saturated heterocycles. The maximum absolute atomic E-state index is 13.5. The second kappa shape index (κ2) is 7.04. The number of nitrogens with one attached hydrogen (secondary N) is 2. The number of carbonyl (C=O) groups is 3. The number of imide groups is 1. The Morgan fingerprint density at radius 3 is 2.71 bits per heavy atom. The van der Waals surface area contributed by atoms with E-state index in [1.165, 1.54) is 4.90 Å². The van der Waals surface area contributed by atoms with Crippen LogP contribution in [0.5, 0.6) is 0 Å². The van der Waals surface area contributed by atoms with Crippen LogP contribution in [0.2, 0.25) is 5.02 Å². The van der Waals surface area contributed by atoms with Crippen molar-refractivity contribution < 1.29 is 14.4 Å². The average molecular weight is 422 g/mol. The first-order chi connectivity index (χ1) is 13.4. The fourth-order valence-corrected chi connectivity index (χ4v) is 5.64. The van der Waals surface area contributed by atoms with E-state index in [0.717, 1.165) is 5.75 Å². The van der Waals surface area contributed by atoms with Crippen LogP contribution < -0.4 is 10.6 Å². The van der Waals surface area contributed by atoms with Gasteiger partial charge in [-0.2, -0.15) is 11.8 Å². The molecule has 1 aromatic rings. The first kappa shape index (κ1) is 19.7. The predicted molar refractivity (Wildman–Crippen MR) is 110 cm³/mol. The smallest absolute Gasteiger partial charge is 0.250 e. The van der Waals surface area contributed by atoms with Gasteiger partial charge in [0.15, 0.2) is 0 Å². The number of hydrogen-bond acceptors (Lipinski definition) is 5. The maximum atomic E-state index is 13.5. The van der Waals surface area contributed by atoms with Gasteiger partial charge in [0.25, 0.3) is 0 Å². The summed E-state index contributed by atoms with van der Waals surface area (Å²) >= 11 is 8.00. The number of anilines is 1. The van der Waals surface area contributed by atoms with Crippen molar-refractivity contribution in [3.63, 3.8) is 0 Å². The van der Waals surface area contributed by atoms with Crippen molar-refractivity contribution in [2.24, 2.45) is 11.8 Å². The van der Waals surface area contributed by atoms with Crippen LogP contribution in [-0.4, -0.2) is 46.7 Å². The molecule has 2 fully saturated rings. The van der Waals surface area contributed by atoms with Gasteiger partial charge in [-0.3, -0.25) is 24.6 Å². The molecule has 0 radical (unpaired) electrons. The zero-order valence-electron chi connectivity index (χ0n) is 16.1. The number of benzene rings is 1. The summed E-state index contributed by atoms with van der Waals surface area (Å²) in [5.41, 5.74) is -0.0462. The molecule has 3 aliphatic rings. The van der Waals surface area contributed by atoms with Gasteiger partial charge in [0, 0.05) is 17.6 Å². The van der Waals surface area contributed by atoms with E-state index in [2.05, 4.69) is 10.6 Å². The quantitative estimate of drug-likeness (QED) is 0.714. The van der Waals surface area contributed by atoms with Crippen molar-refractivity contribution in [3.8, 4) is 0 Å². The number of halogens is 1. The number of hydrogen-bond donors (Lipinski definition) is 2. The zero-order valence-corrected chi connectivity index (χ0v) is 17.7. The normalized spacial score (nSPS) is 32.1. The molecule has 4 rings (SSSR count). The molecular formula is C20H24ClN3O3S. The highest BCUT2D eigenvalue weighted by molar-refractivity contribution is 7.98. The van der Waals surface area contributed by atoms with E-state index >= 15 is 0 Å². The molecular weight excluding hydrogens is 398 g/mol. The molecule has 0 unspecified atom stereocenters. The van der Waals surface area contributed by atoms with Gasteiger partial charge in [-0.1, -0.05) is 30.7 Å². The lowest BCUT2D eigenvalue weighted by molar-refractivity contribution is -0.145. The van der Waals surface area contributed by atoms with Crippen LogP contribution in [-0.2, 0) is 19.9 Å². The van der Waals surface area contributed by atoms with Gasteiger partial charge in [-0.05, 0) is 37.8 Å². The molecule has 3 aliphatic heterocycles. The van der Waals surface area contributed by atoms with Crippen LogP contribution in [0.15, 0.2) is 18.2 Å². The van der Waals surface area contributed by atoms with Gasteiger partial charge < -0.3 is 5.32 Å². The van der Waals surface area contributed by atoms with Crippen LogP contribution in [0.1, 0.15) is 32.3 Å². The van der Waals surface area contributed by atoms with E-state index in [0.29, 0.717) is 29.1 Å². The Kier molecular flexibility index (Phi) is 4.96. The molecule has 1 spiro atoms. The zero-order chi connectivity index (χ0) is 20.2. The number of likely N-dealkylation sites (tertiary alicyclic amines) is 1. The summed E-state index contributed by atoms with van der Waals surface area (Å²) in [6, 6.07) is 4.89. The molecule has 0 aromatic heterocycles. The summed E-state index contributed by atoms with van der Waals surface area (Å²) in [5.74, 6) is -1.17. The van der Waals surface area contributed by atoms with Crippen molar-refractivity contribution in [3.05, 3.63) is 28.8 Å². The molecule has 150 valence electrons. The third-order valence-electron chi connectivity index (χ3n) is 6.40. The van der Waals surface area contributed by atoms with Crippen molar-refractivity contribution in [1.82, 2.24) is 10.2 Å². The number of para-hydroxylation sites is 1. The van der Waals surface area contributed by atoms with Crippen molar-refractivity contribution >= 4 is 46.8 Å². The Morgan fingerprint density at radius 1 is 1.29 bits per heavy atom. The van der Waals surface area contributed by atoms with Gasteiger partial charge in [0.1, 0.15) is 5.54 Å². The fourth-order valence-electron chi connectivity index (χ4n) is 4.93. The summed E-state index contributed by atoms with van der Waals surface area (Å²) < 4.78 is 0. The standard InChI is InChI=1S/C20H24ClN3O3S/c1-4-10(2)24-17(25)14-13(8-9-28-3)23-20(15(14)18(24)26)11-6-5-7-12(21)16(11)22-19(20)27/h5-7,10,13-15,23H,4,8-9H2,1-3H3,(H,22,27)/t10-,13+,14+,15-,20+/m0/s1. The molecule has 28 heavy (non-hydrogen) atoms. The molecule has 0 bridgehead atoms.